The highest BCUT2D eigenvalue weighted by Crippen LogP contribution is 1.97. The summed E-state index contributed by atoms with van der Waals surface area (Å²) in [5, 5.41) is 5.24. The van der Waals surface area contributed by atoms with Gasteiger partial charge in [0.15, 0.2) is 0 Å². The van der Waals surface area contributed by atoms with Crippen LogP contribution >= 0.6 is 0 Å². The van der Waals surface area contributed by atoms with Crippen LogP contribution in [0.15, 0.2) is 0 Å². The van der Waals surface area contributed by atoms with Crippen LogP contribution in [0.5, 0.6) is 0 Å². The molecule has 0 aliphatic heterocycles. The maximum atomic E-state index is 11.5. The Kier molecular flexibility index (Phi) is 10.0. The molecule has 0 radical (unpaired) electrons. The molecule has 6 heteroatoms. The number of carbonyl (C=O) groups is 2. The predicted molar refractivity (Wildman–Crippen MR) is 79.1 cm³/mol. The van der Waals surface area contributed by atoms with Crippen molar-refractivity contribution in [2.45, 2.75) is 40.2 Å². The number of rotatable bonds is 10. The normalized spacial score (nSPS) is 12.6. The second kappa shape index (κ2) is 10.6. The highest BCUT2D eigenvalue weighted by molar-refractivity contribution is 5.87. The molecule has 0 aromatic heterocycles. The van der Waals surface area contributed by atoms with Crippen molar-refractivity contribution >= 4 is 11.8 Å². The number of nitrogens with two attached hydrogens (primary N) is 1. The van der Waals surface area contributed by atoms with Crippen molar-refractivity contribution in [1.29, 1.82) is 0 Å². The highest BCUT2D eigenvalue weighted by Gasteiger charge is 2.17. The summed E-state index contributed by atoms with van der Waals surface area (Å²) in [4.78, 5) is 23.0. The standard InChI is InChI=1S/C14H29N3O3/c1-10(2)9-20-7-5-6-16-12(18)8-17-14(19)13(15)11(3)4/h10-11,13H,5-9,15H2,1-4H3,(H,16,18)(H,17,19)/t13-/m0/s1. The Morgan fingerprint density at radius 2 is 1.80 bits per heavy atom. The van der Waals surface area contributed by atoms with Crippen molar-refractivity contribution in [2.24, 2.45) is 17.6 Å². The largest absolute Gasteiger partial charge is 0.381 e. The molecule has 0 aromatic rings. The fraction of sp³-hybridized carbons (Fsp3) is 0.857. The fourth-order valence-corrected chi connectivity index (χ4v) is 1.37. The molecule has 0 spiro atoms. The first-order chi connectivity index (χ1) is 9.34. The van der Waals surface area contributed by atoms with Gasteiger partial charge < -0.3 is 21.1 Å². The van der Waals surface area contributed by atoms with Crippen LogP contribution in [0, 0.1) is 11.8 Å². The molecule has 0 bridgehead atoms. The number of hydrogen-bond acceptors (Lipinski definition) is 4. The molecule has 0 aliphatic carbocycles. The Morgan fingerprint density at radius 3 is 2.35 bits per heavy atom. The monoisotopic (exact) mass is 287 g/mol. The molecule has 0 heterocycles. The minimum Gasteiger partial charge on any atom is -0.381 e. The maximum Gasteiger partial charge on any atom is 0.239 e. The second-order valence-corrected chi connectivity index (χ2v) is 5.66. The van der Waals surface area contributed by atoms with Gasteiger partial charge in [-0.15, -0.1) is 0 Å². The molecule has 0 saturated heterocycles. The Balaban J connectivity index is 3.57. The number of amides is 2. The molecule has 1 atom stereocenters. The lowest BCUT2D eigenvalue weighted by Gasteiger charge is -2.15. The number of carbonyl (C=O) groups excluding carboxylic acids is 2. The summed E-state index contributed by atoms with van der Waals surface area (Å²) in [5.41, 5.74) is 5.67. The highest BCUT2D eigenvalue weighted by atomic mass is 16.5. The molecule has 6 nitrogen and oxygen atoms in total. The van der Waals surface area contributed by atoms with Crippen molar-refractivity contribution in [1.82, 2.24) is 10.6 Å². The van der Waals surface area contributed by atoms with Crippen LogP contribution < -0.4 is 16.4 Å². The summed E-state index contributed by atoms with van der Waals surface area (Å²) in [6, 6.07) is -0.577. The van der Waals surface area contributed by atoms with Crippen molar-refractivity contribution < 1.29 is 14.3 Å². The van der Waals surface area contributed by atoms with E-state index in [0.717, 1.165) is 13.0 Å². The van der Waals surface area contributed by atoms with Crippen molar-refractivity contribution in [3.63, 3.8) is 0 Å². The minimum atomic E-state index is -0.577. The van der Waals surface area contributed by atoms with Crippen LogP contribution in [-0.2, 0) is 14.3 Å². The van der Waals surface area contributed by atoms with Crippen molar-refractivity contribution in [2.75, 3.05) is 26.3 Å². The second-order valence-electron chi connectivity index (χ2n) is 5.66. The summed E-state index contributed by atoms with van der Waals surface area (Å²) in [7, 11) is 0. The van der Waals surface area contributed by atoms with Gasteiger partial charge in [-0.3, -0.25) is 9.59 Å². The topological polar surface area (TPSA) is 93.5 Å². The van der Waals surface area contributed by atoms with Gasteiger partial charge in [0.25, 0.3) is 0 Å². The molecule has 0 saturated carbocycles. The van der Waals surface area contributed by atoms with Gasteiger partial charge >= 0.3 is 0 Å². The van der Waals surface area contributed by atoms with E-state index in [1.165, 1.54) is 0 Å². The third-order valence-corrected chi connectivity index (χ3v) is 2.68. The first kappa shape index (κ1) is 18.9. The van der Waals surface area contributed by atoms with Gasteiger partial charge in [0, 0.05) is 19.8 Å². The van der Waals surface area contributed by atoms with Crippen molar-refractivity contribution in [3.05, 3.63) is 0 Å². The van der Waals surface area contributed by atoms with Crippen LogP contribution in [0.25, 0.3) is 0 Å². The molecule has 20 heavy (non-hydrogen) atoms. The SMILES string of the molecule is CC(C)COCCCNC(=O)CNC(=O)[C@@H](N)C(C)C. The Labute approximate surface area is 121 Å². The van der Waals surface area contributed by atoms with E-state index in [-0.39, 0.29) is 24.3 Å². The van der Waals surface area contributed by atoms with Crippen LogP contribution in [-0.4, -0.2) is 44.2 Å². The van der Waals surface area contributed by atoms with Crippen LogP contribution in [0.2, 0.25) is 0 Å². The summed E-state index contributed by atoms with van der Waals surface area (Å²) in [5.74, 6) is 0.0646. The molecule has 0 rings (SSSR count). The van der Waals surface area contributed by atoms with Gasteiger partial charge in [-0.05, 0) is 18.3 Å². The lowest BCUT2D eigenvalue weighted by atomic mass is 10.1. The average Bonchev–Trinajstić information content (AvgIpc) is 2.38. The van der Waals surface area contributed by atoms with Crippen LogP contribution in [0.3, 0.4) is 0 Å². The van der Waals surface area contributed by atoms with Gasteiger partial charge in [0.2, 0.25) is 11.8 Å². The van der Waals surface area contributed by atoms with E-state index < -0.39 is 6.04 Å². The fourth-order valence-electron chi connectivity index (χ4n) is 1.37. The molecule has 0 unspecified atom stereocenters. The number of hydrogen-bond donors (Lipinski definition) is 3. The smallest absolute Gasteiger partial charge is 0.239 e. The Morgan fingerprint density at radius 1 is 1.15 bits per heavy atom. The molecular formula is C14H29N3O3. The van der Waals surface area contributed by atoms with Crippen LogP contribution in [0.4, 0.5) is 0 Å². The average molecular weight is 287 g/mol. The summed E-state index contributed by atoms with van der Waals surface area (Å²) in [6.07, 6.45) is 0.762. The number of ether oxygens (including phenoxy) is 1. The van der Waals surface area contributed by atoms with E-state index in [9.17, 15) is 9.59 Å². The molecular weight excluding hydrogens is 258 g/mol. The molecule has 4 N–H and O–H groups in total. The Hall–Kier alpha value is -1.14. The van der Waals surface area contributed by atoms with E-state index >= 15 is 0 Å². The van der Waals surface area contributed by atoms with Gasteiger partial charge in [-0.1, -0.05) is 27.7 Å². The van der Waals surface area contributed by atoms with Gasteiger partial charge in [-0.2, -0.15) is 0 Å². The zero-order valence-electron chi connectivity index (χ0n) is 13.1. The zero-order chi connectivity index (χ0) is 15.5. The van der Waals surface area contributed by atoms with E-state index in [1.54, 1.807) is 0 Å². The molecule has 0 fully saturated rings. The predicted octanol–water partition coefficient (Wildman–Crippen LogP) is 0.265. The summed E-state index contributed by atoms with van der Waals surface area (Å²) >= 11 is 0. The van der Waals surface area contributed by atoms with Gasteiger partial charge in [-0.25, -0.2) is 0 Å². The Bertz CT molecular complexity index is 293. The van der Waals surface area contributed by atoms with Gasteiger partial charge in [0.1, 0.15) is 0 Å². The van der Waals surface area contributed by atoms with E-state index in [1.807, 2.05) is 13.8 Å². The van der Waals surface area contributed by atoms with E-state index in [0.29, 0.717) is 19.1 Å². The third-order valence-electron chi connectivity index (χ3n) is 2.68. The van der Waals surface area contributed by atoms with Gasteiger partial charge in [0.05, 0.1) is 12.6 Å². The summed E-state index contributed by atoms with van der Waals surface area (Å²) < 4.78 is 5.40. The lowest BCUT2D eigenvalue weighted by Crippen LogP contribution is -2.47. The zero-order valence-corrected chi connectivity index (χ0v) is 13.1. The molecule has 0 aromatic carbocycles. The third kappa shape index (κ3) is 9.75. The quantitative estimate of drug-likeness (QED) is 0.503. The van der Waals surface area contributed by atoms with Crippen LogP contribution in [0.1, 0.15) is 34.1 Å². The maximum absolute atomic E-state index is 11.5. The summed E-state index contributed by atoms with van der Waals surface area (Å²) in [6.45, 7) is 9.77. The minimum absolute atomic E-state index is 0.0356. The molecule has 118 valence electrons. The molecule has 0 aliphatic rings. The van der Waals surface area contributed by atoms with Crippen molar-refractivity contribution in [3.8, 4) is 0 Å². The molecule has 2 amide bonds. The first-order valence-electron chi connectivity index (χ1n) is 7.22. The lowest BCUT2D eigenvalue weighted by molar-refractivity contribution is -0.127. The van der Waals surface area contributed by atoms with E-state index in [4.69, 9.17) is 10.5 Å². The van der Waals surface area contributed by atoms with E-state index in [2.05, 4.69) is 24.5 Å². The first-order valence-corrected chi connectivity index (χ1v) is 7.22. The number of nitrogens with one attached hydrogen (secondary N) is 2.